The molecule has 0 unspecified atom stereocenters. The van der Waals surface area contributed by atoms with Crippen LogP contribution in [-0.4, -0.2) is 32.3 Å². The lowest BCUT2D eigenvalue weighted by molar-refractivity contribution is -0.146. The summed E-state index contributed by atoms with van der Waals surface area (Å²) < 4.78 is 39.1. The molecule has 1 heterocycles. The first-order chi connectivity index (χ1) is 12.7. The lowest BCUT2D eigenvalue weighted by Gasteiger charge is -2.34. The molecule has 1 aromatic heterocycles. The van der Waals surface area contributed by atoms with E-state index >= 15 is 0 Å². The van der Waals surface area contributed by atoms with E-state index in [0.717, 1.165) is 23.4 Å². The number of benzene rings is 1. The summed E-state index contributed by atoms with van der Waals surface area (Å²) in [5.41, 5.74) is -1.92. The van der Waals surface area contributed by atoms with E-state index in [4.69, 9.17) is 0 Å². The molecule has 0 aliphatic heterocycles. The van der Waals surface area contributed by atoms with Crippen molar-refractivity contribution in [3.8, 4) is 5.69 Å². The molecule has 1 saturated carbocycles. The number of carboxylic acids is 1. The number of nitrogens with one attached hydrogen (secondary N) is 1. The van der Waals surface area contributed by atoms with E-state index < -0.39 is 29.3 Å². The van der Waals surface area contributed by atoms with Crippen molar-refractivity contribution in [3.63, 3.8) is 0 Å². The fourth-order valence-corrected chi connectivity index (χ4v) is 3.25. The van der Waals surface area contributed by atoms with Gasteiger partial charge in [-0.1, -0.05) is 25.3 Å². The highest BCUT2D eigenvalue weighted by Crippen LogP contribution is 2.30. The average Bonchev–Trinajstić information content (AvgIpc) is 3.13. The van der Waals surface area contributed by atoms with Crippen LogP contribution in [0.25, 0.3) is 5.69 Å². The summed E-state index contributed by atoms with van der Waals surface area (Å²) in [6, 6.07) is 6.71. The van der Waals surface area contributed by atoms with Crippen molar-refractivity contribution in [3.05, 3.63) is 47.8 Å². The summed E-state index contributed by atoms with van der Waals surface area (Å²) in [6.45, 7) is 0. The first-order valence-electron chi connectivity index (χ1n) is 8.50. The quantitative estimate of drug-likeness (QED) is 0.850. The molecule has 1 aromatic carbocycles. The van der Waals surface area contributed by atoms with Crippen LogP contribution in [-0.2, 0) is 11.0 Å². The van der Waals surface area contributed by atoms with Crippen LogP contribution >= 0.6 is 0 Å². The van der Waals surface area contributed by atoms with Gasteiger partial charge in [0, 0.05) is 11.8 Å². The third-order valence-electron chi connectivity index (χ3n) is 4.72. The van der Waals surface area contributed by atoms with Crippen LogP contribution in [0.5, 0.6) is 0 Å². The summed E-state index contributed by atoms with van der Waals surface area (Å²) >= 11 is 0. The Kier molecular flexibility index (Phi) is 4.95. The van der Waals surface area contributed by atoms with Crippen molar-refractivity contribution in [2.45, 2.75) is 43.8 Å². The van der Waals surface area contributed by atoms with Gasteiger partial charge in [0.05, 0.1) is 5.69 Å². The summed E-state index contributed by atoms with van der Waals surface area (Å²) in [7, 11) is 0. The Morgan fingerprint density at radius 1 is 1.15 bits per heavy atom. The number of halogens is 3. The molecule has 0 saturated heterocycles. The molecule has 3 rings (SSSR count). The number of aliphatic carboxylic acids is 1. The van der Waals surface area contributed by atoms with Crippen molar-refractivity contribution in [2.24, 2.45) is 0 Å². The number of carbonyl (C=O) groups is 2. The van der Waals surface area contributed by atoms with Crippen LogP contribution in [0.15, 0.2) is 36.5 Å². The van der Waals surface area contributed by atoms with Gasteiger partial charge in [0.25, 0.3) is 5.91 Å². The van der Waals surface area contributed by atoms with Crippen molar-refractivity contribution in [1.29, 1.82) is 0 Å². The van der Waals surface area contributed by atoms with Crippen LogP contribution in [0.2, 0.25) is 0 Å². The number of alkyl halides is 3. The molecule has 2 N–H and O–H groups in total. The Morgan fingerprint density at radius 3 is 2.44 bits per heavy atom. The highest BCUT2D eigenvalue weighted by atomic mass is 19.4. The van der Waals surface area contributed by atoms with Crippen LogP contribution in [0, 0.1) is 0 Å². The molecule has 0 atom stereocenters. The SMILES string of the molecule is O=C(NC1(C(=O)O)CCCCC1)c1cccc(-n2ccc(C(F)(F)F)n2)c1. The molecule has 0 bridgehead atoms. The molecule has 0 spiro atoms. The minimum atomic E-state index is -4.56. The van der Waals surface area contributed by atoms with Crippen molar-refractivity contribution in [1.82, 2.24) is 15.1 Å². The van der Waals surface area contributed by atoms with Crippen molar-refractivity contribution >= 4 is 11.9 Å². The number of carbonyl (C=O) groups excluding carboxylic acids is 1. The molecule has 1 aliphatic carbocycles. The van der Waals surface area contributed by atoms with Gasteiger partial charge < -0.3 is 10.4 Å². The van der Waals surface area contributed by atoms with Gasteiger partial charge in [-0.05, 0) is 37.1 Å². The highest BCUT2D eigenvalue weighted by Gasteiger charge is 2.41. The molecule has 9 heteroatoms. The summed E-state index contributed by atoms with van der Waals surface area (Å²) in [6.07, 6.45) is -0.375. The van der Waals surface area contributed by atoms with Gasteiger partial charge in [-0.2, -0.15) is 18.3 Å². The zero-order valence-corrected chi connectivity index (χ0v) is 14.3. The van der Waals surface area contributed by atoms with Gasteiger partial charge in [-0.15, -0.1) is 0 Å². The standard InChI is InChI=1S/C18H18F3N3O3/c19-18(20,21)14-7-10-24(23-14)13-6-4-5-12(11-13)15(25)22-17(16(26)27)8-2-1-3-9-17/h4-7,10-11H,1-3,8-9H2,(H,22,25)(H,26,27). The van der Waals surface area contributed by atoms with Crippen LogP contribution < -0.4 is 5.32 Å². The minimum Gasteiger partial charge on any atom is -0.480 e. The van der Waals surface area contributed by atoms with Gasteiger partial charge in [-0.3, -0.25) is 4.79 Å². The van der Waals surface area contributed by atoms with Crippen molar-refractivity contribution in [2.75, 3.05) is 0 Å². The first kappa shape index (κ1) is 18.9. The smallest absolute Gasteiger partial charge is 0.435 e. The summed E-state index contributed by atoms with van der Waals surface area (Å²) in [5, 5.41) is 15.6. The van der Waals surface area contributed by atoms with E-state index in [2.05, 4.69) is 10.4 Å². The Morgan fingerprint density at radius 2 is 1.85 bits per heavy atom. The molecule has 1 fully saturated rings. The second-order valence-electron chi connectivity index (χ2n) is 6.60. The number of aromatic nitrogens is 2. The van der Waals surface area contributed by atoms with Gasteiger partial charge in [-0.25, -0.2) is 9.48 Å². The fourth-order valence-electron chi connectivity index (χ4n) is 3.25. The van der Waals surface area contributed by atoms with E-state index in [1.165, 1.54) is 24.3 Å². The average molecular weight is 381 g/mol. The Labute approximate surface area is 153 Å². The molecule has 1 amide bonds. The van der Waals surface area contributed by atoms with E-state index in [-0.39, 0.29) is 11.3 Å². The Hall–Kier alpha value is -2.84. The Balaban J connectivity index is 1.83. The predicted molar refractivity (Wildman–Crippen MR) is 89.5 cm³/mol. The first-order valence-corrected chi connectivity index (χ1v) is 8.50. The molecular formula is C18H18F3N3O3. The third kappa shape index (κ3) is 3.96. The maximum absolute atomic E-state index is 12.7. The summed E-state index contributed by atoms with van der Waals surface area (Å²) in [5.74, 6) is -1.65. The normalized spacial score (nSPS) is 16.7. The molecule has 0 radical (unpaired) electrons. The lowest BCUT2D eigenvalue weighted by Crippen LogP contribution is -2.55. The monoisotopic (exact) mass is 381 g/mol. The molecule has 6 nitrogen and oxygen atoms in total. The van der Waals surface area contributed by atoms with Crippen LogP contribution in [0.4, 0.5) is 13.2 Å². The van der Waals surface area contributed by atoms with E-state index in [1.54, 1.807) is 0 Å². The second-order valence-corrected chi connectivity index (χ2v) is 6.60. The molecule has 27 heavy (non-hydrogen) atoms. The van der Waals surface area contributed by atoms with Crippen LogP contribution in [0.3, 0.4) is 0 Å². The maximum atomic E-state index is 12.7. The Bertz CT molecular complexity index is 855. The van der Waals surface area contributed by atoms with Gasteiger partial charge in [0.15, 0.2) is 5.69 Å². The van der Waals surface area contributed by atoms with E-state index in [1.807, 2.05) is 0 Å². The largest absolute Gasteiger partial charge is 0.480 e. The van der Waals surface area contributed by atoms with Gasteiger partial charge >= 0.3 is 12.1 Å². The maximum Gasteiger partial charge on any atom is 0.435 e. The number of hydrogen-bond donors (Lipinski definition) is 2. The molecule has 1 aliphatic rings. The molecule has 144 valence electrons. The van der Waals surface area contributed by atoms with E-state index in [0.29, 0.717) is 25.7 Å². The number of hydrogen-bond acceptors (Lipinski definition) is 3. The van der Waals surface area contributed by atoms with Gasteiger partial charge in [0.2, 0.25) is 0 Å². The number of carboxylic acid groups (broad SMARTS) is 1. The number of rotatable bonds is 4. The number of amides is 1. The third-order valence-corrected chi connectivity index (χ3v) is 4.72. The lowest BCUT2D eigenvalue weighted by atomic mass is 9.81. The number of nitrogens with zero attached hydrogens (tertiary/aromatic N) is 2. The molecule has 2 aromatic rings. The van der Waals surface area contributed by atoms with E-state index in [9.17, 15) is 27.9 Å². The second kappa shape index (κ2) is 7.05. The zero-order chi connectivity index (χ0) is 19.7. The predicted octanol–water partition coefficient (Wildman–Crippen LogP) is 3.41. The van der Waals surface area contributed by atoms with Crippen molar-refractivity contribution < 1.29 is 27.9 Å². The topological polar surface area (TPSA) is 84.2 Å². The molecular weight excluding hydrogens is 363 g/mol. The van der Waals surface area contributed by atoms with Crippen LogP contribution in [0.1, 0.15) is 48.2 Å². The zero-order valence-electron chi connectivity index (χ0n) is 14.3. The van der Waals surface area contributed by atoms with Gasteiger partial charge in [0.1, 0.15) is 5.54 Å². The minimum absolute atomic E-state index is 0.155. The summed E-state index contributed by atoms with van der Waals surface area (Å²) in [4.78, 5) is 24.3. The highest BCUT2D eigenvalue weighted by molar-refractivity contribution is 5.98. The fraction of sp³-hybridized carbons (Fsp3) is 0.389.